The van der Waals surface area contributed by atoms with Crippen molar-refractivity contribution in [1.29, 1.82) is 0 Å². The summed E-state index contributed by atoms with van der Waals surface area (Å²) in [5.41, 5.74) is 12.8. The van der Waals surface area contributed by atoms with Gasteiger partial charge in [0.15, 0.2) is 0 Å². The highest BCUT2D eigenvalue weighted by Gasteiger charge is 2.22. The molecule has 5 nitrogen and oxygen atoms in total. The highest BCUT2D eigenvalue weighted by Crippen LogP contribution is 2.47. The number of rotatable bonds is 9. The van der Waals surface area contributed by atoms with Gasteiger partial charge in [-0.3, -0.25) is 0 Å². The lowest BCUT2D eigenvalue weighted by Gasteiger charge is -2.29. The highest BCUT2D eigenvalue weighted by atomic mass is 16.3. The fraction of sp³-hybridized carbons (Fsp3) is 0. The molecule has 0 aliphatic rings. The van der Waals surface area contributed by atoms with E-state index in [0.717, 1.165) is 111 Å². The third-order valence-electron chi connectivity index (χ3n) is 12.9. The average Bonchev–Trinajstić information content (AvgIpc) is 3.97. The van der Waals surface area contributed by atoms with Gasteiger partial charge < -0.3 is 23.5 Å². The monoisotopic (exact) mass is 859 g/mol. The van der Waals surface area contributed by atoms with Crippen LogP contribution in [0.3, 0.4) is 0 Å². The third-order valence-corrected chi connectivity index (χ3v) is 12.9. The van der Waals surface area contributed by atoms with Gasteiger partial charge in [-0.25, -0.2) is 0 Å². The maximum Gasteiger partial charge on any atom is 0.143 e. The quantitative estimate of drug-likeness (QED) is 0.135. The van der Waals surface area contributed by atoms with E-state index >= 15 is 0 Å². The summed E-state index contributed by atoms with van der Waals surface area (Å²) < 4.78 is 13.5. The molecule has 11 aromatic carbocycles. The third kappa shape index (κ3) is 6.55. The van der Waals surface area contributed by atoms with Crippen molar-refractivity contribution in [3.8, 4) is 0 Å². The van der Waals surface area contributed by atoms with Crippen LogP contribution in [-0.4, -0.2) is 0 Å². The molecule has 0 aliphatic carbocycles. The Morgan fingerprint density at radius 1 is 0.209 bits per heavy atom. The molecule has 0 spiro atoms. The second kappa shape index (κ2) is 15.9. The molecule has 13 rings (SSSR count). The number of hydrogen-bond acceptors (Lipinski definition) is 5. The zero-order valence-corrected chi connectivity index (χ0v) is 36.3. The molecule has 5 heteroatoms. The van der Waals surface area contributed by atoms with Gasteiger partial charge in [0, 0.05) is 84.2 Å². The topological polar surface area (TPSA) is 36.0 Å². The van der Waals surface area contributed by atoms with E-state index in [-0.39, 0.29) is 0 Å². The van der Waals surface area contributed by atoms with E-state index in [4.69, 9.17) is 8.83 Å². The fourth-order valence-corrected chi connectivity index (χ4v) is 9.98. The Balaban J connectivity index is 1.02. The van der Waals surface area contributed by atoms with Crippen LogP contribution in [0.2, 0.25) is 0 Å². The van der Waals surface area contributed by atoms with Crippen molar-refractivity contribution in [3.05, 3.63) is 249 Å². The summed E-state index contributed by atoms with van der Waals surface area (Å²) in [6, 6.07) is 87.9. The van der Waals surface area contributed by atoms with Gasteiger partial charge >= 0.3 is 0 Å². The van der Waals surface area contributed by atoms with Gasteiger partial charge in [0.25, 0.3) is 0 Å². The maximum atomic E-state index is 6.79. The summed E-state index contributed by atoms with van der Waals surface area (Å²) in [6.45, 7) is 0. The summed E-state index contributed by atoms with van der Waals surface area (Å²) in [4.78, 5) is 6.95. The molecule has 0 fully saturated rings. The van der Waals surface area contributed by atoms with Crippen LogP contribution in [0.25, 0.3) is 65.4 Å². The summed E-state index contributed by atoms with van der Waals surface area (Å²) in [6.07, 6.45) is 0. The molecule has 0 atom stereocenters. The smallest absolute Gasteiger partial charge is 0.143 e. The number of benzene rings is 11. The van der Waals surface area contributed by atoms with Gasteiger partial charge in [-0.2, -0.15) is 0 Å². The SMILES string of the molecule is c1ccc(N(c2ccccc2)c2cccc(N(c3ccc4c(c3)oc3ccc(N(c5ccccc5)c5ccccc5)cc34)c3ccc4c5ccccc5c5oc6ccccc6c5c4c3)c2)cc1. The largest absolute Gasteiger partial charge is 0.456 e. The standard InChI is InChI=1S/C62H41N3O2/c1-5-18-42(19-6-1)63(43-20-7-2-8-21-43)46-26-17-27-47(38-46)65(48-32-35-52-51-28-13-14-29-54(51)62-61(57(52)40-48)55-30-15-16-31-58(55)67-62)50-33-36-53-56-39-49(34-37-59(56)66-60(53)41-50)64(44-22-9-3-10-23-44)45-24-11-4-12-25-45/h1-41H. The summed E-state index contributed by atoms with van der Waals surface area (Å²) in [7, 11) is 0. The van der Waals surface area contributed by atoms with Crippen LogP contribution in [0.4, 0.5) is 51.2 Å². The summed E-state index contributed by atoms with van der Waals surface area (Å²) >= 11 is 0. The minimum Gasteiger partial charge on any atom is -0.456 e. The van der Waals surface area contributed by atoms with E-state index < -0.39 is 0 Å². The van der Waals surface area contributed by atoms with Gasteiger partial charge in [-0.15, -0.1) is 0 Å². The molecule has 2 aromatic heterocycles. The molecular weight excluding hydrogens is 819 g/mol. The Morgan fingerprint density at radius 3 is 1.21 bits per heavy atom. The van der Waals surface area contributed by atoms with Crippen molar-refractivity contribution in [2.45, 2.75) is 0 Å². The van der Waals surface area contributed by atoms with Crippen molar-refractivity contribution in [2.75, 3.05) is 14.7 Å². The van der Waals surface area contributed by atoms with Gasteiger partial charge in [-0.1, -0.05) is 127 Å². The van der Waals surface area contributed by atoms with Crippen LogP contribution in [-0.2, 0) is 0 Å². The van der Waals surface area contributed by atoms with Gasteiger partial charge in [0.1, 0.15) is 22.3 Å². The van der Waals surface area contributed by atoms with Crippen molar-refractivity contribution in [2.24, 2.45) is 0 Å². The molecule has 0 aliphatic heterocycles. The van der Waals surface area contributed by atoms with Crippen molar-refractivity contribution in [1.82, 2.24) is 0 Å². The van der Waals surface area contributed by atoms with E-state index in [0.29, 0.717) is 0 Å². The first-order valence-electron chi connectivity index (χ1n) is 22.7. The molecule has 13 aromatic rings. The lowest BCUT2D eigenvalue weighted by Crippen LogP contribution is -2.13. The Labute approximate surface area is 387 Å². The predicted molar refractivity (Wildman–Crippen MR) is 280 cm³/mol. The summed E-state index contributed by atoms with van der Waals surface area (Å²) in [5.74, 6) is 0. The van der Waals surface area contributed by atoms with Crippen LogP contribution >= 0.6 is 0 Å². The van der Waals surface area contributed by atoms with Gasteiger partial charge in [-0.05, 0) is 131 Å². The molecule has 316 valence electrons. The van der Waals surface area contributed by atoms with Crippen molar-refractivity contribution in [3.63, 3.8) is 0 Å². The minimum atomic E-state index is 0.807. The molecule has 0 saturated carbocycles. The first-order valence-corrected chi connectivity index (χ1v) is 22.7. The Bertz CT molecular complexity index is 3860. The molecule has 67 heavy (non-hydrogen) atoms. The molecule has 0 amide bonds. The average molecular weight is 860 g/mol. The molecule has 0 unspecified atom stereocenters. The van der Waals surface area contributed by atoms with E-state index in [1.54, 1.807) is 0 Å². The highest BCUT2D eigenvalue weighted by molar-refractivity contribution is 6.30. The second-order valence-electron chi connectivity index (χ2n) is 16.9. The van der Waals surface area contributed by atoms with Crippen LogP contribution in [0, 0.1) is 0 Å². The van der Waals surface area contributed by atoms with E-state index in [9.17, 15) is 0 Å². The summed E-state index contributed by atoms with van der Waals surface area (Å²) in [5, 5.41) is 8.88. The van der Waals surface area contributed by atoms with Crippen LogP contribution in [0.5, 0.6) is 0 Å². The number of para-hydroxylation sites is 5. The lowest BCUT2D eigenvalue weighted by molar-refractivity contribution is 0.669. The molecular formula is C62H41N3O2. The van der Waals surface area contributed by atoms with Gasteiger partial charge in [0.05, 0.1) is 0 Å². The first-order chi connectivity index (χ1) is 33.2. The van der Waals surface area contributed by atoms with Crippen LogP contribution in [0.15, 0.2) is 258 Å². The van der Waals surface area contributed by atoms with E-state index in [1.165, 1.54) is 5.39 Å². The molecule has 2 heterocycles. The Kier molecular flexibility index (Phi) is 9.10. The Morgan fingerprint density at radius 2 is 0.612 bits per heavy atom. The van der Waals surface area contributed by atoms with E-state index in [2.05, 4.69) is 257 Å². The number of fused-ring (bicyclic) bond motifs is 11. The molecule has 0 saturated heterocycles. The predicted octanol–water partition coefficient (Wildman–Crippen LogP) is 18.2. The Hall–Kier alpha value is -9.06. The molecule has 0 radical (unpaired) electrons. The normalized spacial score (nSPS) is 11.6. The molecule has 0 N–H and O–H groups in total. The first kappa shape index (κ1) is 38.4. The number of furan rings is 2. The molecule has 0 bridgehead atoms. The fourth-order valence-electron chi connectivity index (χ4n) is 9.98. The van der Waals surface area contributed by atoms with Crippen molar-refractivity contribution < 1.29 is 8.83 Å². The zero-order chi connectivity index (χ0) is 44.3. The number of anilines is 9. The van der Waals surface area contributed by atoms with Crippen molar-refractivity contribution >= 4 is 117 Å². The zero-order valence-electron chi connectivity index (χ0n) is 36.3. The van der Waals surface area contributed by atoms with E-state index in [1.807, 2.05) is 6.07 Å². The minimum absolute atomic E-state index is 0.807. The number of hydrogen-bond donors (Lipinski definition) is 0. The number of nitrogens with zero attached hydrogens (tertiary/aromatic N) is 3. The van der Waals surface area contributed by atoms with Crippen LogP contribution in [0.1, 0.15) is 0 Å². The lowest BCUT2D eigenvalue weighted by atomic mass is 9.96. The maximum absolute atomic E-state index is 6.79. The van der Waals surface area contributed by atoms with Crippen LogP contribution < -0.4 is 14.7 Å². The second-order valence-corrected chi connectivity index (χ2v) is 16.9. The van der Waals surface area contributed by atoms with Gasteiger partial charge in [0.2, 0.25) is 0 Å².